The van der Waals surface area contributed by atoms with Crippen molar-refractivity contribution in [1.29, 1.82) is 0 Å². The molecule has 1 saturated heterocycles. The molecule has 4 rings (SSSR count). The first-order chi connectivity index (χ1) is 17.4. The standard InChI is InChI=1S/C28H34FN3O4/c1-20(2)36-28(33)23-6-5-13-30-27(23)32-16-14-31(15-17-32)18-21-9-11-22(12-10-21)35-19-24-25(29)7-4-8-26(24)34-3/h5-6,8-13,20H,4,7,14-19H2,1-3H3. The lowest BCUT2D eigenvalue weighted by Gasteiger charge is -2.36. The molecule has 1 fully saturated rings. The first kappa shape index (κ1) is 25.7. The highest BCUT2D eigenvalue weighted by atomic mass is 19.1. The Morgan fingerprint density at radius 3 is 2.56 bits per heavy atom. The lowest BCUT2D eigenvalue weighted by atomic mass is 10.0. The molecular formula is C28H34FN3O4. The minimum Gasteiger partial charge on any atom is -0.497 e. The van der Waals surface area contributed by atoms with Crippen LogP contribution >= 0.6 is 0 Å². The first-order valence-electron chi connectivity index (χ1n) is 12.4. The molecule has 2 heterocycles. The summed E-state index contributed by atoms with van der Waals surface area (Å²) in [6.07, 6.45) is 4.47. The van der Waals surface area contributed by atoms with E-state index in [1.54, 1.807) is 25.4 Å². The quantitative estimate of drug-likeness (QED) is 0.459. The number of ether oxygens (including phenoxy) is 3. The van der Waals surface area contributed by atoms with Gasteiger partial charge < -0.3 is 19.1 Å². The molecule has 0 radical (unpaired) electrons. The highest BCUT2D eigenvalue weighted by Gasteiger charge is 2.24. The summed E-state index contributed by atoms with van der Waals surface area (Å²) in [5, 5.41) is 0. The third-order valence-corrected chi connectivity index (χ3v) is 6.27. The van der Waals surface area contributed by atoms with Gasteiger partial charge in [0.1, 0.15) is 35.3 Å². The number of nitrogens with zero attached hydrogens (tertiary/aromatic N) is 3. The number of rotatable bonds is 9. The summed E-state index contributed by atoms with van der Waals surface area (Å²) in [5.74, 6) is 1.43. The number of benzene rings is 1. The predicted molar refractivity (Wildman–Crippen MR) is 137 cm³/mol. The van der Waals surface area contributed by atoms with E-state index < -0.39 is 0 Å². The zero-order valence-electron chi connectivity index (χ0n) is 21.2. The summed E-state index contributed by atoms with van der Waals surface area (Å²) in [6.45, 7) is 7.90. The van der Waals surface area contributed by atoms with Crippen molar-refractivity contribution in [3.05, 3.63) is 77.0 Å². The maximum Gasteiger partial charge on any atom is 0.342 e. The Morgan fingerprint density at radius 1 is 1.11 bits per heavy atom. The minimum atomic E-state index is -0.338. The number of piperazine rings is 1. The van der Waals surface area contributed by atoms with Crippen LogP contribution in [0.1, 0.15) is 42.6 Å². The highest BCUT2D eigenvalue weighted by molar-refractivity contribution is 5.94. The maximum absolute atomic E-state index is 14.2. The molecule has 36 heavy (non-hydrogen) atoms. The van der Waals surface area contributed by atoms with E-state index in [2.05, 4.69) is 14.8 Å². The van der Waals surface area contributed by atoms with Gasteiger partial charge in [0.25, 0.3) is 0 Å². The number of hydrogen-bond acceptors (Lipinski definition) is 7. The molecule has 0 N–H and O–H groups in total. The van der Waals surface area contributed by atoms with Crippen LogP contribution in [-0.2, 0) is 16.0 Å². The van der Waals surface area contributed by atoms with Crippen molar-refractivity contribution in [3.8, 4) is 5.75 Å². The largest absolute Gasteiger partial charge is 0.497 e. The van der Waals surface area contributed by atoms with Crippen molar-refractivity contribution in [2.75, 3.05) is 44.8 Å². The molecule has 2 aromatic rings. The van der Waals surface area contributed by atoms with Crippen LogP contribution in [0.25, 0.3) is 0 Å². The number of pyridine rings is 1. The Balaban J connectivity index is 1.29. The average molecular weight is 496 g/mol. The summed E-state index contributed by atoms with van der Waals surface area (Å²) in [7, 11) is 1.55. The fourth-order valence-electron chi connectivity index (χ4n) is 4.40. The van der Waals surface area contributed by atoms with Gasteiger partial charge in [-0.15, -0.1) is 0 Å². The van der Waals surface area contributed by atoms with Gasteiger partial charge in [0, 0.05) is 45.3 Å². The molecule has 0 atom stereocenters. The smallest absolute Gasteiger partial charge is 0.342 e. The number of methoxy groups -OCH3 is 1. The molecule has 1 aliphatic heterocycles. The van der Waals surface area contributed by atoms with E-state index >= 15 is 0 Å². The number of hydrogen-bond donors (Lipinski definition) is 0. The molecule has 0 spiro atoms. The van der Waals surface area contributed by atoms with Crippen molar-refractivity contribution in [2.24, 2.45) is 0 Å². The fraction of sp³-hybridized carbons (Fsp3) is 0.429. The fourth-order valence-corrected chi connectivity index (χ4v) is 4.40. The van der Waals surface area contributed by atoms with Crippen molar-refractivity contribution in [1.82, 2.24) is 9.88 Å². The van der Waals surface area contributed by atoms with Gasteiger partial charge in [0.2, 0.25) is 0 Å². The van der Waals surface area contributed by atoms with Gasteiger partial charge in [-0.05, 0) is 56.2 Å². The lowest BCUT2D eigenvalue weighted by Crippen LogP contribution is -2.46. The predicted octanol–water partition coefficient (Wildman–Crippen LogP) is 4.90. The third-order valence-electron chi connectivity index (χ3n) is 6.27. The van der Waals surface area contributed by atoms with Crippen molar-refractivity contribution < 1.29 is 23.4 Å². The van der Waals surface area contributed by atoms with Gasteiger partial charge in [-0.25, -0.2) is 14.2 Å². The third kappa shape index (κ3) is 6.43. The second kappa shape index (κ2) is 12.0. The van der Waals surface area contributed by atoms with Crippen LogP contribution in [0.5, 0.6) is 5.75 Å². The van der Waals surface area contributed by atoms with E-state index in [1.807, 2.05) is 44.2 Å². The Labute approximate surface area is 212 Å². The lowest BCUT2D eigenvalue weighted by molar-refractivity contribution is 0.0378. The molecule has 192 valence electrons. The second-order valence-corrected chi connectivity index (χ2v) is 9.22. The molecule has 0 saturated carbocycles. The van der Waals surface area contributed by atoms with E-state index in [4.69, 9.17) is 14.2 Å². The Morgan fingerprint density at radius 2 is 1.86 bits per heavy atom. The van der Waals surface area contributed by atoms with Gasteiger partial charge in [-0.1, -0.05) is 12.1 Å². The molecule has 1 aliphatic carbocycles. The van der Waals surface area contributed by atoms with Crippen LogP contribution in [-0.4, -0.2) is 61.9 Å². The SMILES string of the molecule is COC1=CCCC(F)=C1COc1ccc(CN2CCN(c3ncccc3C(=O)OC(C)C)CC2)cc1. The van der Waals surface area contributed by atoms with Crippen molar-refractivity contribution >= 4 is 11.8 Å². The average Bonchev–Trinajstić information content (AvgIpc) is 2.89. The van der Waals surface area contributed by atoms with Crippen LogP contribution in [0.15, 0.2) is 65.8 Å². The molecule has 0 amide bonds. The van der Waals surface area contributed by atoms with Gasteiger partial charge in [0.15, 0.2) is 0 Å². The van der Waals surface area contributed by atoms with Crippen molar-refractivity contribution in [2.45, 2.75) is 39.3 Å². The van der Waals surface area contributed by atoms with Gasteiger partial charge >= 0.3 is 5.97 Å². The van der Waals surface area contributed by atoms with Crippen LogP contribution < -0.4 is 9.64 Å². The van der Waals surface area contributed by atoms with E-state index in [0.29, 0.717) is 41.3 Å². The number of aromatic nitrogens is 1. The monoisotopic (exact) mass is 495 g/mol. The minimum absolute atomic E-state index is 0.146. The van der Waals surface area contributed by atoms with Crippen LogP contribution in [0.3, 0.4) is 0 Å². The first-order valence-corrected chi connectivity index (χ1v) is 12.4. The molecule has 1 aromatic heterocycles. The topological polar surface area (TPSA) is 64.1 Å². The van der Waals surface area contributed by atoms with Crippen LogP contribution in [0.4, 0.5) is 10.2 Å². The number of carbonyl (C=O) groups is 1. The van der Waals surface area contributed by atoms with Crippen LogP contribution in [0, 0.1) is 0 Å². The van der Waals surface area contributed by atoms with E-state index in [-0.39, 0.29) is 24.5 Å². The zero-order chi connectivity index (χ0) is 25.5. The van der Waals surface area contributed by atoms with E-state index in [1.165, 1.54) is 5.56 Å². The molecule has 1 aromatic carbocycles. The Bertz CT molecular complexity index is 1110. The molecule has 0 bridgehead atoms. The highest BCUT2D eigenvalue weighted by Crippen LogP contribution is 2.28. The van der Waals surface area contributed by atoms with Gasteiger partial charge in [-0.3, -0.25) is 4.90 Å². The summed E-state index contributed by atoms with van der Waals surface area (Å²) >= 11 is 0. The normalized spacial score (nSPS) is 16.7. The summed E-state index contributed by atoms with van der Waals surface area (Å²) in [5.41, 5.74) is 2.17. The number of allylic oxidation sites excluding steroid dienone is 2. The molecule has 2 aliphatic rings. The molecular weight excluding hydrogens is 461 g/mol. The molecule has 8 heteroatoms. The molecule has 7 nitrogen and oxygen atoms in total. The van der Waals surface area contributed by atoms with Crippen LogP contribution in [0.2, 0.25) is 0 Å². The number of esters is 1. The van der Waals surface area contributed by atoms with Gasteiger partial charge in [-0.2, -0.15) is 0 Å². The Kier molecular flexibility index (Phi) is 8.59. The molecule has 0 unspecified atom stereocenters. The Hall–Kier alpha value is -3.39. The number of anilines is 1. The number of carbonyl (C=O) groups excluding carboxylic acids is 1. The van der Waals surface area contributed by atoms with E-state index in [9.17, 15) is 9.18 Å². The summed E-state index contributed by atoms with van der Waals surface area (Å²) in [4.78, 5) is 21.5. The second-order valence-electron chi connectivity index (χ2n) is 9.22. The summed E-state index contributed by atoms with van der Waals surface area (Å²) < 4.78 is 30.7. The number of halogens is 1. The van der Waals surface area contributed by atoms with Crippen molar-refractivity contribution in [3.63, 3.8) is 0 Å². The maximum atomic E-state index is 14.2. The zero-order valence-corrected chi connectivity index (χ0v) is 21.2. The van der Waals surface area contributed by atoms with E-state index in [0.717, 1.165) is 32.7 Å². The summed E-state index contributed by atoms with van der Waals surface area (Å²) in [6, 6.07) is 11.5. The van der Waals surface area contributed by atoms with Gasteiger partial charge in [0.05, 0.1) is 18.8 Å².